The zero-order valence-corrected chi connectivity index (χ0v) is 56.4. The molecule has 5 heterocycles. The molecule has 0 radical (unpaired) electrons. The Kier molecular flexibility index (Phi) is 30.0. The number of aryl methyl sites for hydroxylation is 1. The Morgan fingerprint density at radius 2 is 1.36 bits per heavy atom. The van der Waals surface area contributed by atoms with E-state index < -0.39 is 78.3 Å². The van der Waals surface area contributed by atoms with Crippen molar-refractivity contribution in [2.75, 3.05) is 131 Å². The molecule has 95 heavy (non-hydrogen) atoms. The van der Waals surface area contributed by atoms with Crippen LogP contribution in [-0.4, -0.2) is 267 Å². The number of nitrogens with one attached hydrogen (secondary N) is 3. The van der Waals surface area contributed by atoms with Gasteiger partial charge in [-0.15, -0.1) is 11.8 Å². The van der Waals surface area contributed by atoms with E-state index in [1.807, 2.05) is 17.0 Å². The first kappa shape index (κ1) is 75.2. The fraction of sp³-hybridized carbons (Fsp3) is 0.600. The first-order valence-electron chi connectivity index (χ1n) is 32.5. The monoisotopic (exact) mass is 1460 g/mol. The second-order valence-electron chi connectivity index (χ2n) is 24.7. The van der Waals surface area contributed by atoms with Gasteiger partial charge in [0.2, 0.25) is 35.4 Å². The number of amides is 7. The van der Waals surface area contributed by atoms with Gasteiger partial charge in [0.15, 0.2) is 0 Å². The third-order valence-electron chi connectivity index (χ3n) is 17.4. The van der Waals surface area contributed by atoms with Crippen LogP contribution in [0.15, 0.2) is 54.7 Å². The van der Waals surface area contributed by atoms with E-state index in [1.165, 1.54) is 29.6 Å². The Labute approximate surface area is 569 Å². The SMILES string of the molecule is N#C[C@H]1CC(F)(F)CN1C(=O)CNC(=O)c1ccnc2ccc(OCCCCC3CCN(C(=O)CN4C(=O)CC(S[C@H](CCCCCNC(=O)CCCc5ccc(I)cc5)CNC(=O)CN5CCN(CC(=O)O)CCN(CC(=O)O)CCN(CC(=O)O)CC5)C4=O)CC3)cc12. The molecule has 1 unspecified atom stereocenters. The third-order valence-corrected chi connectivity index (χ3v) is 19.6. The molecule has 6 N–H and O–H groups in total. The van der Waals surface area contributed by atoms with Crippen molar-refractivity contribution in [2.24, 2.45) is 5.92 Å². The summed E-state index contributed by atoms with van der Waals surface area (Å²) in [4.78, 5) is 144. The number of carbonyl (C=O) groups is 10. The summed E-state index contributed by atoms with van der Waals surface area (Å²) in [6.07, 6.45) is 9.02. The van der Waals surface area contributed by atoms with Crippen molar-refractivity contribution in [2.45, 2.75) is 112 Å². The lowest BCUT2D eigenvalue weighted by Crippen LogP contribution is -2.50. The topological polar surface area (TPSA) is 336 Å². The number of fused-ring (bicyclic) bond motifs is 1. The van der Waals surface area contributed by atoms with E-state index in [4.69, 9.17) is 4.74 Å². The number of hydrogen-bond donors (Lipinski definition) is 6. The fourth-order valence-electron chi connectivity index (χ4n) is 12.1. The lowest BCUT2D eigenvalue weighted by Gasteiger charge is -2.33. The number of hydrogen-bond acceptors (Lipinski definition) is 18. The number of aromatic nitrogens is 1. The maximum Gasteiger partial charge on any atom is 0.317 e. The highest BCUT2D eigenvalue weighted by atomic mass is 127. The van der Waals surface area contributed by atoms with E-state index >= 15 is 0 Å². The summed E-state index contributed by atoms with van der Waals surface area (Å²) in [5, 5.41) is 46.0. The number of nitriles is 1. The van der Waals surface area contributed by atoms with Crippen LogP contribution >= 0.6 is 34.4 Å². The molecule has 7 amide bonds. The lowest BCUT2D eigenvalue weighted by molar-refractivity contribution is -0.146. The van der Waals surface area contributed by atoms with Crippen LogP contribution in [0, 0.1) is 20.8 Å². The molecule has 0 spiro atoms. The van der Waals surface area contributed by atoms with Crippen LogP contribution in [0.5, 0.6) is 5.75 Å². The molecule has 4 fully saturated rings. The minimum absolute atomic E-state index is 0.0288. The summed E-state index contributed by atoms with van der Waals surface area (Å²) in [5.74, 6) is -8.65. The smallest absolute Gasteiger partial charge is 0.317 e. The number of carboxylic acid groups (broad SMARTS) is 3. The van der Waals surface area contributed by atoms with Crippen molar-refractivity contribution in [1.82, 2.24) is 55.2 Å². The van der Waals surface area contributed by atoms with Gasteiger partial charge in [-0.2, -0.15) is 5.26 Å². The highest BCUT2D eigenvalue weighted by molar-refractivity contribution is 14.1. The van der Waals surface area contributed by atoms with E-state index in [2.05, 4.69) is 55.7 Å². The molecule has 3 aromatic rings. The Morgan fingerprint density at radius 1 is 0.726 bits per heavy atom. The van der Waals surface area contributed by atoms with Crippen molar-refractivity contribution in [3.63, 3.8) is 0 Å². The van der Waals surface area contributed by atoms with Crippen LogP contribution in [0.25, 0.3) is 10.9 Å². The quantitative estimate of drug-likeness (QED) is 0.0288. The number of carbonyl (C=O) groups excluding carboxylic acids is 7. The molecule has 0 bridgehead atoms. The third kappa shape index (κ3) is 25.4. The van der Waals surface area contributed by atoms with Crippen molar-refractivity contribution in [3.05, 3.63) is 69.4 Å². The Balaban J connectivity index is 0.868. The van der Waals surface area contributed by atoms with Crippen molar-refractivity contribution in [3.8, 4) is 11.8 Å². The molecule has 4 saturated heterocycles. The summed E-state index contributed by atoms with van der Waals surface area (Å²) in [5.41, 5.74) is 1.87. The highest BCUT2D eigenvalue weighted by Gasteiger charge is 2.47. The number of likely N-dealkylation sites (tertiary alicyclic amines) is 3. The van der Waals surface area contributed by atoms with Crippen LogP contribution in [-0.2, 0) is 49.6 Å². The number of carboxylic acids is 3. The number of pyridine rings is 1. The molecule has 4 aliphatic rings. The van der Waals surface area contributed by atoms with E-state index in [-0.39, 0.29) is 127 Å². The number of aliphatic carboxylic acids is 3. The van der Waals surface area contributed by atoms with E-state index in [9.17, 15) is 77.3 Å². The lowest BCUT2D eigenvalue weighted by atomic mass is 9.91. The second-order valence-corrected chi connectivity index (χ2v) is 27.4. The molecule has 26 nitrogen and oxygen atoms in total. The number of nitrogens with zero attached hydrogens (tertiary/aromatic N) is 9. The molecule has 0 saturated carbocycles. The summed E-state index contributed by atoms with van der Waals surface area (Å²) >= 11 is 3.54. The van der Waals surface area contributed by atoms with Gasteiger partial charge in [-0.05, 0) is 122 Å². The van der Waals surface area contributed by atoms with Gasteiger partial charge in [-0.25, -0.2) is 8.78 Å². The minimum Gasteiger partial charge on any atom is -0.494 e. The van der Waals surface area contributed by atoms with Crippen LogP contribution in [0.4, 0.5) is 8.78 Å². The molecule has 30 heteroatoms. The number of rotatable bonds is 33. The molecule has 2 aromatic carbocycles. The summed E-state index contributed by atoms with van der Waals surface area (Å²) in [6.45, 7) is 0.836. The Morgan fingerprint density at radius 3 is 1.98 bits per heavy atom. The van der Waals surface area contributed by atoms with Gasteiger partial charge >= 0.3 is 17.9 Å². The van der Waals surface area contributed by atoms with Crippen molar-refractivity contribution in [1.29, 1.82) is 5.26 Å². The van der Waals surface area contributed by atoms with Gasteiger partial charge < -0.3 is 45.8 Å². The maximum atomic E-state index is 14.1. The van der Waals surface area contributed by atoms with E-state index in [1.54, 1.807) is 43.9 Å². The van der Waals surface area contributed by atoms with Gasteiger partial charge in [0.05, 0.1) is 68.3 Å². The van der Waals surface area contributed by atoms with Crippen LogP contribution in [0.3, 0.4) is 0 Å². The number of imide groups is 1. The standard InChI is InChI=1S/C65H87F2IN12O14S/c66-65(67)35-48(36-69)80(44-65)58(84)38-73-63(92)51-17-21-70-53-16-15-49(33-52(51)53)94-32-5-3-7-46-18-22-78(23-19-46)59(85)40-79-57(83)34-54(64(79)93)95-50(9-2-1-4-20-71-55(81)10-6-8-45-11-13-47(68)14-12-45)37-72-56(82)39-74-24-26-75(41-60(86)87)28-30-77(43-62(90)91)31-29-76(27-25-74)42-61(88)89/h11-17,21,33,46,48,50,54H,1-10,18-20,22-32,34-35,37-44H2,(H,71,81)(H,72,82)(H,73,92)(H,86,87)(H,88,89)(H,90,91)/t48-,50-,54?/m1/s1. The molecule has 518 valence electrons. The number of thioether (sulfide) groups is 1. The van der Waals surface area contributed by atoms with Gasteiger partial charge in [-0.3, -0.25) is 77.4 Å². The van der Waals surface area contributed by atoms with Crippen LogP contribution < -0.4 is 20.7 Å². The molecule has 4 aliphatic heterocycles. The Bertz CT molecular complexity index is 3160. The number of piperidine rings is 1. The number of unbranched alkanes of at least 4 members (excludes halogenated alkanes) is 3. The first-order valence-corrected chi connectivity index (χ1v) is 34.5. The van der Waals surface area contributed by atoms with Crippen molar-refractivity contribution >= 4 is 105 Å². The molecular formula is C65H87F2IN12O14S. The first-order chi connectivity index (χ1) is 45.5. The Hall–Kier alpha value is -7.18. The van der Waals surface area contributed by atoms with Gasteiger partial charge in [0.1, 0.15) is 18.3 Å². The minimum atomic E-state index is -3.19. The predicted octanol–water partition coefficient (Wildman–Crippen LogP) is 3.64. The predicted molar refractivity (Wildman–Crippen MR) is 355 cm³/mol. The average molecular weight is 1460 g/mol. The molecule has 1 aromatic heterocycles. The second kappa shape index (κ2) is 37.9. The van der Waals surface area contributed by atoms with E-state index in [0.717, 1.165) is 58.3 Å². The fourth-order valence-corrected chi connectivity index (χ4v) is 13.9. The van der Waals surface area contributed by atoms with Gasteiger partial charge in [0.25, 0.3) is 11.8 Å². The van der Waals surface area contributed by atoms with Crippen LogP contribution in [0.2, 0.25) is 0 Å². The number of benzene rings is 2. The number of alkyl halides is 2. The largest absolute Gasteiger partial charge is 0.494 e. The molecular weight excluding hydrogens is 1370 g/mol. The summed E-state index contributed by atoms with van der Waals surface area (Å²) in [7, 11) is 0. The molecule has 3 atom stereocenters. The number of ether oxygens (including phenoxy) is 1. The zero-order valence-electron chi connectivity index (χ0n) is 53.4. The van der Waals surface area contributed by atoms with Crippen LogP contribution in [0.1, 0.15) is 99.4 Å². The molecule has 7 rings (SSSR count). The zero-order chi connectivity index (χ0) is 68.4. The normalized spacial score (nSPS) is 19.2. The maximum absolute atomic E-state index is 14.1. The summed E-state index contributed by atoms with van der Waals surface area (Å²) in [6, 6.07) is 15.2. The van der Waals surface area contributed by atoms with Gasteiger partial charge in [-0.1, -0.05) is 31.4 Å². The summed E-state index contributed by atoms with van der Waals surface area (Å²) < 4.78 is 35.1. The number of halogens is 3. The van der Waals surface area contributed by atoms with Gasteiger partial charge in [0, 0.05) is 118 Å². The van der Waals surface area contributed by atoms with Crippen molar-refractivity contribution < 1.29 is 76.8 Å². The molecule has 0 aliphatic carbocycles. The average Bonchev–Trinajstić information content (AvgIpc) is 1.81. The van der Waals surface area contributed by atoms with E-state index in [0.29, 0.717) is 80.9 Å². The highest BCUT2D eigenvalue weighted by Crippen LogP contribution is 2.33.